The lowest BCUT2D eigenvalue weighted by molar-refractivity contribution is 0.310. The molecule has 2 atom stereocenters. The fourth-order valence-electron chi connectivity index (χ4n) is 5.57. The van der Waals surface area contributed by atoms with Gasteiger partial charge in [0.1, 0.15) is 0 Å². The first-order valence-corrected chi connectivity index (χ1v) is 11.2. The third-order valence-corrected chi connectivity index (χ3v) is 9.25. The summed E-state index contributed by atoms with van der Waals surface area (Å²) in [5.41, 5.74) is 1.86. The number of rotatable bonds is 4. The number of benzene rings is 1. The predicted octanol–water partition coefficient (Wildman–Crippen LogP) is 4.91. The van der Waals surface area contributed by atoms with E-state index in [0.29, 0.717) is 5.04 Å². The quantitative estimate of drug-likeness (QED) is 0.691. The van der Waals surface area contributed by atoms with Gasteiger partial charge in [0.05, 0.1) is 9.52 Å². The SMILES string of the molecule is C1=CCC2CCC(CC3CCCCC3)([SiH2]c3ccccc3)C2=C1. The van der Waals surface area contributed by atoms with Crippen LogP contribution in [0.25, 0.3) is 0 Å². The minimum absolute atomic E-state index is 0.255. The highest BCUT2D eigenvalue weighted by Gasteiger charge is 2.44. The topological polar surface area (TPSA) is 0 Å². The Labute approximate surface area is 143 Å². The van der Waals surface area contributed by atoms with Gasteiger partial charge in [-0.05, 0) is 42.6 Å². The Morgan fingerprint density at radius 3 is 2.65 bits per heavy atom. The molecule has 0 N–H and O–H groups in total. The van der Waals surface area contributed by atoms with Crippen LogP contribution in [-0.4, -0.2) is 9.52 Å². The van der Waals surface area contributed by atoms with Crippen LogP contribution in [0.2, 0.25) is 5.04 Å². The molecule has 0 amide bonds. The van der Waals surface area contributed by atoms with Crippen molar-refractivity contribution in [2.45, 2.75) is 62.8 Å². The Hall–Kier alpha value is -1.08. The van der Waals surface area contributed by atoms with Crippen molar-refractivity contribution >= 4 is 14.7 Å². The van der Waals surface area contributed by atoms with E-state index in [0.717, 1.165) is 11.8 Å². The van der Waals surface area contributed by atoms with Crippen LogP contribution in [0.5, 0.6) is 0 Å². The summed E-state index contributed by atoms with van der Waals surface area (Å²) in [6.45, 7) is 0. The van der Waals surface area contributed by atoms with Crippen molar-refractivity contribution in [2.75, 3.05) is 0 Å². The maximum absolute atomic E-state index is 2.53. The number of fused-ring (bicyclic) bond motifs is 1. The van der Waals surface area contributed by atoms with Crippen LogP contribution in [0.1, 0.15) is 57.8 Å². The Morgan fingerprint density at radius 1 is 1.00 bits per heavy atom. The minimum Gasteiger partial charge on any atom is -0.0839 e. The summed E-state index contributed by atoms with van der Waals surface area (Å²) < 4.78 is 0. The molecule has 0 spiro atoms. The molecular formula is C22H30Si. The van der Waals surface area contributed by atoms with Gasteiger partial charge in [-0.25, -0.2) is 0 Å². The third-order valence-electron chi connectivity index (χ3n) is 6.65. The monoisotopic (exact) mass is 322 g/mol. The first kappa shape index (κ1) is 15.4. The Kier molecular flexibility index (Phi) is 4.57. The summed E-state index contributed by atoms with van der Waals surface area (Å²) in [5.74, 6) is 1.88. The van der Waals surface area contributed by atoms with E-state index >= 15 is 0 Å². The molecule has 3 aliphatic carbocycles. The summed E-state index contributed by atoms with van der Waals surface area (Å²) in [6, 6.07) is 11.5. The molecule has 122 valence electrons. The van der Waals surface area contributed by atoms with Crippen LogP contribution in [0.4, 0.5) is 0 Å². The molecule has 2 fully saturated rings. The second-order valence-corrected chi connectivity index (χ2v) is 10.7. The lowest BCUT2D eigenvalue weighted by Gasteiger charge is -2.37. The molecule has 4 rings (SSSR count). The van der Waals surface area contributed by atoms with Gasteiger partial charge in [-0.15, -0.1) is 0 Å². The summed E-state index contributed by atoms with van der Waals surface area (Å²) in [5, 5.41) is 2.28. The lowest BCUT2D eigenvalue weighted by atomic mass is 9.79. The molecule has 1 aromatic rings. The van der Waals surface area contributed by atoms with Gasteiger partial charge in [-0.3, -0.25) is 0 Å². The second kappa shape index (κ2) is 6.81. The van der Waals surface area contributed by atoms with E-state index in [1.165, 1.54) is 57.8 Å². The molecule has 2 saturated carbocycles. The molecule has 0 aliphatic heterocycles. The van der Waals surface area contributed by atoms with E-state index in [-0.39, 0.29) is 9.52 Å². The van der Waals surface area contributed by atoms with Gasteiger partial charge < -0.3 is 0 Å². The normalized spacial score (nSPS) is 31.5. The molecule has 0 nitrogen and oxygen atoms in total. The minimum atomic E-state index is -0.255. The zero-order valence-electron chi connectivity index (χ0n) is 14.3. The van der Waals surface area contributed by atoms with Crippen LogP contribution in [0.3, 0.4) is 0 Å². The van der Waals surface area contributed by atoms with Crippen molar-refractivity contribution < 1.29 is 0 Å². The van der Waals surface area contributed by atoms with Crippen LogP contribution >= 0.6 is 0 Å². The van der Waals surface area contributed by atoms with Gasteiger partial charge in [0.15, 0.2) is 0 Å². The van der Waals surface area contributed by atoms with Crippen LogP contribution in [-0.2, 0) is 0 Å². The Bertz CT molecular complexity index is 579. The molecule has 0 saturated heterocycles. The summed E-state index contributed by atoms with van der Waals surface area (Å²) in [6.07, 6.45) is 20.5. The number of hydrogen-bond donors (Lipinski definition) is 0. The van der Waals surface area contributed by atoms with Crippen LogP contribution in [0, 0.1) is 11.8 Å². The van der Waals surface area contributed by atoms with Gasteiger partial charge >= 0.3 is 0 Å². The maximum Gasteiger partial charge on any atom is 0.0658 e. The maximum atomic E-state index is 2.53. The average Bonchev–Trinajstić information content (AvgIpc) is 2.96. The van der Waals surface area contributed by atoms with Crippen molar-refractivity contribution in [1.29, 1.82) is 0 Å². The van der Waals surface area contributed by atoms with E-state index in [9.17, 15) is 0 Å². The lowest BCUT2D eigenvalue weighted by Crippen LogP contribution is -2.32. The molecule has 0 bridgehead atoms. The average molecular weight is 323 g/mol. The first-order chi connectivity index (χ1) is 11.4. The van der Waals surface area contributed by atoms with Gasteiger partial charge in [0.25, 0.3) is 0 Å². The highest BCUT2D eigenvalue weighted by atomic mass is 28.2. The highest BCUT2D eigenvalue weighted by molar-refractivity contribution is 6.57. The van der Waals surface area contributed by atoms with E-state index in [1.54, 1.807) is 5.19 Å². The van der Waals surface area contributed by atoms with Crippen LogP contribution < -0.4 is 5.19 Å². The molecule has 1 heteroatoms. The molecule has 0 aromatic heterocycles. The van der Waals surface area contributed by atoms with E-state index in [2.05, 4.69) is 48.6 Å². The molecule has 3 aliphatic rings. The third kappa shape index (κ3) is 3.26. The van der Waals surface area contributed by atoms with Crippen LogP contribution in [0.15, 0.2) is 54.1 Å². The zero-order valence-corrected chi connectivity index (χ0v) is 15.8. The molecule has 0 radical (unpaired) electrons. The Morgan fingerprint density at radius 2 is 1.83 bits per heavy atom. The van der Waals surface area contributed by atoms with Gasteiger partial charge in [-0.1, -0.05) is 91.4 Å². The van der Waals surface area contributed by atoms with E-state index in [1.807, 2.05) is 5.57 Å². The van der Waals surface area contributed by atoms with Crippen molar-refractivity contribution in [3.63, 3.8) is 0 Å². The molecule has 23 heavy (non-hydrogen) atoms. The van der Waals surface area contributed by atoms with Crippen molar-refractivity contribution in [3.8, 4) is 0 Å². The van der Waals surface area contributed by atoms with Crippen molar-refractivity contribution in [3.05, 3.63) is 54.1 Å². The van der Waals surface area contributed by atoms with Gasteiger partial charge in [-0.2, -0.15) is 0 Å². The summed E-state index contributed by atoms with van der Waals surface area (Å²) in [4.78, 5) is 0. The molecule has 1 aromatic carbocycles. The largest absolute Gasteiger partial charge is 0.0839 e. The fourth-order valence-corrected chi connectivity index (χ4v) is 8.40. The molecule has 0 heterocycles. The van der Waals surface area contributed by atoms with Gasteiger partial charge in [0, 0.05) is 0 Å². The predicted molar refractivity (Wildman–Crippen MR) is 103 cm³/mol. The molecule has 2 unspecified atom stereocenters. The summed E-state index contributed by atoms with van der Waals surface area (Å²) >= 11 is 0. The number of hydrogen-bond acceptors (Lipinski definition) is 0. The number of allylic oxidation sites excluding steroid dienone is 4. The van der Waals surface area contributed by atoms with Crippen molar-refractivity contribution in [2.24, 2.45) is 11.8 Å². The van der Waals surface area contributed by atoms with E-state index < -0.39 is 0 Å². The second-order valence-electron chi connectivity index (χ2n) is 8.17. The van der Waals surface area contributed by atoms with Gasteiger partial charge in [0.2, 0.25) is 0 Å². The van der Waals surface area contributed by atoms with Crippen molar-refractivity contribution in [1.82, 2.24) is 0 Å². The highest BCUT2D eigenvalue weighted by Crippen LogP contribution is 2.58. The standard InChI is InChI=1S/C22H30Si/c1-3-9-18(10-4-1)17-22(23-20-12-5-2-6-13-20)16-15-19-11-7-8-14-21(19)22/h2,5-8,12-14,18-19H,1,3-4,9-11,15-17,23H2. The first-order valence-electron chi connectivity index (χ1n) is 9.77. The fraction of sp³-hybridized carbons (Fsp3) is 0.545. The Balaban J connectivity index is 1.62. The summed E-state index contributed by atoms with van der Waals surface area (Å²) in [7, 11) is -0.255. The smallest absolute Gasteiger partial charge is 0.0658 e. The zero-order chi connectivity index (χ0) is 15.5. The van der Waals surface area contributed by atoms with E-state index in [4.69, 9.17) is 0 Å². The molecular weight excluding hydrogens is 292 g/mol.